The lowest BCUT2D eigenvalue weighted by atomic mass is 10.1. The summed E-state index contributed by atoms with van der Waals surface area (Å²) in [5.74, 6) is -1.06. The highest BCUT2D eigenvalue weighted by Crippen LogP contribution is 2.44. The minimum Gasteiger partial charge on any atom is -0.258 e. The number of halogens is 1. The van der Waals surface area contributed by atoms with Crippen LogP contribution >= 0.6 is 0 Å². The summed E-state index contributed by atoms with van der Waals surface area (Å²) in [6, 6.07) is 1.74. The molecule has 0 radical (unpaired) electrons. The molecule has 0 aromatic heterocycles. The third-order valence-corrected chi connectivity index (χ3v) is 2.49. The van der Waals surface area contributed by atoms with E-state index < -0.39 is 27.0 Å². The van der Waals surface area contributed by atoms with Gasteiger partial charge in [0.05, 0.1) is 15.9 Å². The number of nitro groups is 2. The van der Waals surface area contributed by atoms with E-state index >= 15 is 0 Å². The summed E-state index contributed by atoms with van der Waals surface area (Å²) in [4.78, 5) is 19.4. The van der Waals surface area contributed by atoms with E-state index in [0.717, 1.165) is 18.9 Å². The largest absolute Gasteiger partial charge is 0.311 e. The Balaban J connectivity index is 2.60. The summed E-state index contributed by atoms with van der Waals surface area (Å²) in [7, 11) is 0. The first-order valence-corrected chi connectivity index (χ1v) is 4.63. The molecule has 1 aromatic rings. The van der Waals surface area contributed by atoms with Crippen molar-refractivity contribution >= 4 is 11.4 Å². The van der Waals surface area contributed by atoms with Gasteiger partial charge >= 0.3 is 5.69 Å². The van der Waals surface area contributed by atoms with E-state index in [4.69, 9.17) is 0 Å². The molecule has 1 aliphatic rings. The highest BCUT2D eigenvalue weighted by atomic mass is 19.1. The molecule has 7 heteroatoms. The van der Waals surface area contributed by atoms with Crippen LogP contribution in [0.4, 0.5) is 15.8 Å². The van der Waals surface area contributed by atoms with Crippen molar-refractivity contribution in [3.8, 4) is 0 Å². The van der Waals surface area contributed by atoms with Crippen LogP contribution in [0, 0.1) is 26.0 Å². The molecule has 0 unspecified atom stereocenters. The molecule has 1 aliphatic carbocycles. The van der Waals surface area contributed by atoms with E-state index in [-0.39, 0.29) is 11.5 Å². The van der Waals surface area contributed by atoms with Crippen LogP contribution in [-0.2, 0) is 0 Å². The van der Waals surface area contributed by atoms with E-state index in [2.05, 4.69) is 0 Å². The Hall–Kier alpha value is -2.05. The third-order valence-electron chi connectivity index (χ3n) is 2.49. The van der Waals surface area contributed by atoms with Gasteiger partial charge in [-0.2, -0.15) is 4.39 Å². The Morgan fingerprint density at radius 1 is 1.19 bits per heavy atom. The van der Waals surface area contributed by atoms with E-state index in [9.17, 15) is 24.6 Å². The molecule has 0 aliphatic heterocycles. The minimum absolute atomic E-state index is 0.0842. The topological polar surface area (TPSA) is 86.3 Å². The Labute approximate surface area is 89.0 Å². The highest BCUT2D eigenvalue weighted by molar-refractivity contribution is 5.50. The van der Waals surface area contributed by atoms with Crippen molar-refractivity contribution < 1.29 is 14.2 Å². The molecule has 0 atom stereocenters. The zero-order valence-electron chi connectivity index (χ0n) is 8.05. The highest BCUT2D eigenvalue weighted by Gasteiger charge is 2.33. The van der Waals surface area contributed by atoms with Crippen molar-refractivity contribution in [2.24, 2.45) is 0 Å². The number of rotatable bonds is 3. The number of hydrogen-bond acceptors (Lipinski definition) is 4. The van der Waals surface area contributed by atoms with Crippen molar-refractivity contribution in [2.75, 3.05) is 0 Å². The predicted octanol–water partition coefficient (Wildman–Crippen LogP) is 2.52. The molecular weight excluding hydrogens is 219 g/mol. The quantitative estimate of drug-likeness (QED) is 0.585. The fourth-order valence-corrected chi connectivity index (χ4v) is 1.55. The van der Waals surface area contributed by atoms with Gasteiger partial charge in [-0.15, -0.1) is 0 Å². The summed E-state index contributed by atoms with van der Waals surface area (Å²) in [6.45, 7) is 0. The normalized spacial score (nSPS) is 14.8. The second-order valence-electron chi connectivity index (χ2n) is 3.66. The smallest absolute Gasteiger partial charge is 0.258 e. The molecule has 1 fully saturated rings. The summed E-state index contributed by atoms with van der Waals surface area (Å²) >= 11 is 0. The van der Waals surface area contributed by atoms with Gasteiger partial charge < -0.3 is 0 Å². The lowest BCUT2D eigenvalue weighted by molar-refractivity contribution is -0.395. The van der Waals surface area contributed by atoms with Crippen molar-refractivity contribution in [1.29, 1.82) is 0 Å². The summed E-state index contributed by atoms with van der Waals surface area (Å²) in [5.41, 5.74) is -1.17. The van der Waals surface area contributed by atoms with Gasteiger partial charge in [0, 0.05) is 11.6 Å². The maximum absolute atomic E-state index is 13.6. The van der Waals surface area contributed by atoms with Crippen LogP contribution in [-0.4, -0.2) is 9.85 Å². The molecular formula is C9H7FN2O4. The molecule has 2 rings (SSSR count). The minimum atomic E-state index is -0.946. The van der Waals surface area contributed by atoms with Crippen molar-refractivity contribution in [2.45, 2.75) is 18.8 Å². The first kappa shape index (κ1) is 10.5. The van der Waals surface area contributed by atoms with E-state index in [1.54, 1.807) is 0 Å². The monoisotopic (exact) mass is 226 g/mol. The van der Waals surface area contributed by atoms with Crippen LogP contribution in [0.1, 0.15) is 24.3 Å². The second kappa shape index (κ2) is 3.51. The Bertz CT molecular complexity index is 485. The average molecular weight is 226 g/mol. The molecule has 84 valence electrons. The molecule has 1 aromatic carbocycles. The standard InChI is InChI=1S/C9H7FN2O4/c10-9-7(5-1-2-5)3-6(11(13)14)4-8(9)12(15)16/h3-5H,1-2H2. The molecule has 1 saturated carbocycles. The van der Waals surface area contributed by atoms with Crippen LogP contribution in [0.5, 0.6) is 0 Å². The third kappa shape index (κ3) is 1.71. The number of nitrogens with zero attached hydrogens (tertiary/aromatic N) is 2. The molecule has 0 bridgehead atoms. The molecule has 0 heterocycles. The van der Waals surface area contributed by atoms with Gasteiger partial charge in [-0.05, 0) is 18.8 Å². The number of hydrogen-bond donors (Lipinski definition) is 0. The molecule has 0 spiro atoms. The molecule has 0 saturated heterocycles. The summed E-state index contributed by atoms with van der Waals surface area (Å²) < 4.78 is 13.6. The zero-order valence-corrected chi connectivity index (χ0v) is 8.05. The Morgan fingerprint density at radius 3 is 2.25 bits per heavy atom. The van der Waals surface area contributed by atoms with Gasteiger partial charge in [-0.25, -0.2) is 0 Å². The van der Waals surface area contributed by atoms with Crippen LogP contribution in [0.15, 0.2) is 12.1 Å². The van der Waals surface area contributed by atoms with Crippen LogP contribution < -0.4 is 0 Å². The van der Waals surface area contributed by atoms with Crippen LogP contribution in [0.2, 0.25) is 0 Å². The Kier molecular flexibility index (Phi) is 2.30. The molecule has 16 heavy (non-hydrogen) atoms. The number of benzene rings is 1. The van der Waals surface area contributed by atoms with Crippen molar-refractivity contribution in [3.63, 3.8) is 0 Å². The predicted molar refractivity (Wildman–Crippen MR) is 51.7 cm³/mol. The lowest BCUT2D eigenvalue weighted by Crippen LogP contribution is -1.99. The maximum atomic E-state index is 13.6. The van der Waals surface area contributed by atoms with E-state index in [0.29, 0.717) is 6.07 Å². The first-order chi connectivity index (χ1) is 7.50. The second-order valence-corrected chi connectivity index (χ2v) is 3.66. The maximum Gasteiger partial charge on any atom is 0.311 e. The van der Waals surface area contributed by atoms with Gasteiger partial charge in [0.25, 0.3) is 5.69 Å². The van der Waals surface area contributed by atoms with Crippen LogP contribution in [0.3, 0.4) is 0 Å². The van der Waals surface area contributed by atoms with E-state index in [1.807, 2.05) is 0 Å². The molecule has 0 amide bonds. The summed E-state index contributed by atoms with van der Waals surface area (Å²) in [5, 5.41) is 21.1. The van der Waals surface area contributed by atoms with Crippen molar-refractivity contribution in [1.82, 2.24) is 0 Å². The van der Waals surface area contributed by atoms with Gasteiger partial charge in [0.1, 0.15) is 0 Å². The van der Waals surface area contributed by atoms with Gasteiger partial charge in [0.2, 0.25) is 5.82 Å². The fourth-order valence-electron chi connectivity index (χ4n) is 1.55. The van der Waals surface area contributed by atoms with Gasteiger partial charge in [0.15, 0.2) is 0 Å². The number of non-ortho nitro benzene ring substituents is 1. The fraction of sp³-hybridized carbons (Fsp3) is 0.333. The average Bonchev–Trinajstić information content (AvgIpc) is 3.00. The first-order valence-electron chi connectivity index (χ1n) is 4.63. The molecule has 6 nitrogen and oxygen atoms in total. The zero-order chi connectivity index (χ0) is 11.9. The summed E-state index contributed by atoms with van der Waals surface area (Å²) in [6.07, 6.45) is 1.44. The van der Waals surface area contributed by atoms with Crippen molar-refractivity contribution in [3.05, 3.63) is 43.7 Å². The van der Waals surface area contributed by atoms with Crippen LogP contribution in [0.25, 0.3) is 0 Å². The lowest BCUT2D eigenvalue weighted by Gasteiger charge is -2.01. The molecule has 0 N–H and O–H groups in total. The number of nitro benzene ring substituents is 2. The SMILES string of the molecule is O=[N+]([O-])c1cc(C2CC2)c(F)c([N+](=O)[O-])c1. The Morgan fingerprint density at radius 2 is 1.81 bits per heavy atom. The van der Waals surface area contributed by atoms with Gasteiger partial charge in [-0.3, -0.25) is 20.2 Å². The van der Waals surface area contributed by atoms with E-state index in [1.165, 1.54) is 0 Å². The van der Waals surface area contributed by atoms with Gasteiger partial charge in [-0.1, -0.05) is 0 Å².